The Bertz CT molecular complexity index is 505. The first kappa shape index (κ1) is 12.3. The van der Waals surface area contributed by atoms with Crippen molar-refractivity contribution in [1.82, 2.24) is 10.3 Å². The molecule has 1 aromatic rings. The van der Waals surface area contributed by atoms with Crippen molar-refractivity contribution in [1.29, 1.82) is 0 Å². The van der Waals surface area contributed by atoms with Crippen molar-refractivity contribution in [3.63, 3.8) is 0 Å². The lowest BCUT2D eigenvalue weighted by atomic mass is 9.93. The first-order valence-electron chi connectivity index (χ1n) is 6.75. The maximum absolute atomic E-state index is 11.1. The Balaban J connectivity index is 1.89. The second kappa shape index (κ2) is 4.77. The normalized spacial score (nSPS) is 26.3. The van der Waals surface area contributed by atoms with Gasteiger partial charge in [0.1, 0.15) is 0 Å². The molecule has 1 aromatic heterocycles. The van der Waals surface area contributed by atoms with Crippen LogP contribution in [0.15, 0.2) is 12.1 Å². The van der Waals surface area contributed by atoms with Crippen molar-refractivity contribution < 1.29 is 4.92 Å². The van der Waals surface area contributed by atoms with Crippen molar-refractivity contribution in [3.8, 4) is 0 Å². The summed E-state index contributed by atoms with van der Waals surface area (Å²) in [6.07, 6.45) is 2.19. The predicted molar refractivity (Wildman–Crippen MR) is 72.4 cm³/mol. The second-order valence-electron chi connectivity index (χ2n) is 5.40. The van der Waals surface area contributed by atoms with Gasteiger partial charge in [0.15, 0.2) is 0 Å². The number of anilines is 1. The van der Waals surface area contributed by atoms with E-state index >= 15 is 0 Å². The Labute approximate surface area is 112 Å². The van der Waals surface area contributed by atoms with E-state index < -0.39 is 0 Å². The number of piperidine rings is 1. The van der Waals surface area contributed by atoms with Crippen LogP contribution in [-0.4, -0.2) is 35.6 Å². The van der Waals surface area contributed by atoms with E-state index in [2.05, 4.69) is 15.2 Å². The molecule has 2 aliphatic heterocycles. The first-order chi connectivity index (χ1) is 9.15. The summed E-state index contributed by atoms with van der Waals surface area (Å²) in [4.78, 5) is 17.3. The summed E-state index contributed by atoms with van der Waals surface area (Å²) in [5.74, 6) is 1.13. The molecule has 3 rings (SSSR count). The number of pyridine rings is 1. The molecule has 0 aliphatic carbocycles. The van der Waals surface area contributed by atoms with Gasteiger partial charge in [-0.3, -0.25) is 10.1 Å². The van der Waals surface area contributed by atoms with Crippen LogP contribution in [0.3, 0.4) is 0 Å². The Hall–Kier alpha value is -1.69. The fraction of sp³-hybridized carbons (Fsp3) is 0.615. The molecule has 0 radical (unpaired) electrons. The molecule has 2 aliphatic rings. The molecule has 2 fully saturated rings. The Morgan fingerprint density at radius 3 is 3.11 bits per heavy atom. The predicted octanol–water partition coefficient (Wildman–Crippen LogP) is 1.49. The Kier molecular flexibility index (Phi) is 3.10. The maximum Gasteiger partial charge on any atom is 0.311 e. The summed E-state index contributed by atoms with van der Waals surface area (Å²) < 4.78 is 0. The largest absolute Gasteiger partial charge is 0.350 e. The van der Waals surface area contributed by atoms with Crippen LogP contribution < -0.4 is 10.2 Å². The van der Waals surface area contributed by atoms with Crippen molar-refractivity contribution in [2.75, 3.05) is 24.5 Å². The van der Waals surface area contributed by atoms with Gasteiger partial charge in [-0.15, -0.1) is 0 Å². The first-order valence-corrected chi connectivity index (χ1v) is 6.75. The highest BCUT2D eigenvalue weighted by molar-refractivity contribution is 5.58. The van der Waals surface area contributed by atoms with E-state index in [0.29, 0.717) is 17.8 Å². The zero-order chi connectivity index (χ0) is 13.4. The zero-order valence-electron chi connectivity index (χ0n) is 11.0. The van der Waals surface area contributed by atoms with Crippen LogP contribution in [0, 0.1) is 23.0 Å². The molecule has 2 atom stereocenters. The Morgan fingerprint density at radius 1 is 1.47 bits per heavy atom. The van der Waals surface area contributed by atoms with Crippen LogP contribution in [0.2, 0.25) is 0 Å². The van der Waals surface area contributed by atoms with Crippen LogP contribution in [0.1, 0.15) is 18.5 Å². The molecule has 2 unspecified atom stereocenters. The van der Waals surface area contributed by atoms with E-state index in [9.17, 15) is 10.1 Å². The number of aryl methyl sites for hydroxylation is 1. The summed E-state index contributed by atoms with van der Waals surface area (Å²) in [6, 6.07) is 3.85. The number of nitrogens with zero attached hydrogens (tertiary/aromatic N) is 3. The van der Waals surface area contributed by atoms with Crippen LogP contribution in [-0.2, 0) is 0 Å². The average Bonchev–Trinajstić information content (AvgIpc) is 2.85. The van der Waals surface area contributed by atoms with E-state index in [4.69, 9.17) is 0 Å². The lowest BCUT2D eigenvalue weighted by Crippen LogP contribution is -2.45. The number of aromatic nitrogens is 1. The molecule has 3 heterocycles. The van der Waals surface area contributed by atoms with Gasteiger partial charge in [0.05, 0.1) is 4.92 Å². The summed E-state index contributed by atoms with van der Waals surface area (Å²) in [5.41, 5.74) is 0.947. The van der Waals surface area contributed by atoms with Crippen molar-refractivity contribution >= 4 is 11.5 Å². The van der Waals surface area contributed by atoms with Crippen molar-refractivity contribution in [2.24, 2.45) is 5.92 Å². The third-order valence-electron chi connectivity index (χ3n) is 4.15. The molecule has 0 bridgehead atoms. The third-order valence-corrected chi connectivity index (χ3v) is 4.15. The van der Waals surface area contributed by atoms with Gasteiger partial charge in [0.25, 0.3) is 0 Å². The quantitative estimate of drug-likeness (QED) is 0.645. The molecule has 0 spiro atoms. The van der Waals surface area contributed by atoms with Gasteiger partial charge in [0.2, 0.25) is 5.82 Å². The summed E-state index contributed by atoms with van der Waals surface area (Å²) >= 11 is 0. The van der Waals surface area contributed by atoms with Crippen LogP contribution in [0.25, 0.3) is 0 Å². The number of rotatable bonds is 2. The highest BCUT2D eigenvalue weighted by Crippen LogP contribution is 2.32. The minimum absolute atomic E-state index is 0.120. The fourth-order valence-electron chi connectivity index (χ4n) is 3.15. The summed E-state index contributed by atoms with van der Waals surface area (Å²) in [5, 5.41) is 14.6. The van der Waals surface area contributed by atoms with E-state index in [0.717, 1.165) is 38.2 Å². The molecule has 2 saturated heterocycles. The van der Waals surface area contributed by atoms with Crippen LogP contribution in [0.5, 0.6) is 0 Å². The molecular formula is C13H18N4O2. The summed E-state index contributed by atoms with van der Waals surface area (Å²) in [6.45, 7) is 4.64. The van der Waals surface area contributed by atoms with Gasteiger partial charge in [-0.2, -0.15) is 0 Å². The van der Waals surface area contributed by atoms with Crippen LogP contribution >= 0.6 is 0 Å². The molecular weight excluding hydrogens is 244 g/mol. The zero-order valence-corrected chi connectivity index (χ0v) is 11.0. The molecule has 19 heavy (non-hydrogen) atoms. The Morgan fingerprint density at radius 2 is 2.32 bits per heavy atom. The minimum Gasteiger partial charge on any atom is -0.350 e. The van der Waals surface area contributed by atoms with Gasteiger partial charge < -0.3 is 10.2 Å². The van der Waals surface area contributed by atoms with Crippen LogP contribution in [0.4, 0.5) is 11.5 Å². The molecule has 1 N–H and O–H groups in total. The summed E-state index contributed by atoms with van der Waals surface area (Å²) in [7, 11) is 0. The topological polar surface area (TPSA) is 71.3 Å². The monoisotopic (exact) mass is 262 g/mol. The minimum atomic E-state index is -0.333. The number of hydrogen-bond acceptors (Lipinski definition) is 5. The maximum atomic E-state index is 11.1. The highest BCUT2D eigenvalue weighted by atomic mass is 16.6. The van der Waals surface area contributed by atoms with E-state index in [1.807, 2.05) is 6.92 Å². The van der Waals surface area contributed by atoms with Gasteiger partial charge in [-0.05, 0) is 38.3 Å². The highest BCUT2D eigenvalue weighted by Gasteiger charge is 2.35. The van der Waals surface area contributed by atoms with Gasteiger partial charge in [-0.1, -0.05) is 0 Å². The van der Waals surface area contributed by atoms with Gasteiger partial charge in [0, 0.05) is 30.9 Å². The van der Waals surface area contributed by atoms with E-state index in [1.165, 1.54) is 0 Å². The number of nitrogens with one attached hydrogen (secondary N) is 1. The molecule has 0 aromatic carbocycles. The lowest BCUT2D eigenvalue weighted by Gasteiger charge is -2.35. The van der Waals surface area contributed by atoms with Crippen molar-refractivity contribution in [2.45, 2.75) is 25.8 Å². The number of fused-ring (bicyclic) bond motifs is 1. The van der Waals surface area contributed by atoms with Gasteiger partial charge in [-0.25, -0.2) is 4.98 Å². The lowest BCUT2D eigenvalue weighted by molar-refractivity contribution is -0.384. The molecule has 6 nitrogen and oxygen atoms in total. The number of nitro groups is 1. The molecule has 0 amide bonds. The molecule has 6 heteroatoms. The molecule has 102 valence electrons. The second-order valence-corrected chi connectivity index (χ2v) is 5.40. The smallest absolute Gasteiger partial charge is 0.311 e. The van der Waals surface area contributed by atoms with Gasteiger partial charge >= 0.3 is 5.69 Å². The van der Waals surface area contributed by atoms with E-state index in [-0.39, 0.29) is 10.6 Å². The van der Waals surface area contributed by atoms with E-state index in [1.54, 1.807) is 12.1 Å². The fourth-order valence-corrected chi connectivity index (χ4v) is 3.15. The number of hydrogen-bond donors (Lipinski definition) is 1. The average molecular weight is 262 g/mol. The third kappa shape index (κ3) is 2.28. The van der Waals surface area contributed by atoms with Crippen molar-refractivity contribution in [3.05, 3.63) is 27.9 Å². The SMILES string of the molecule is Cc1ccc([N+](=O)[O-])c(N2CCC3NCCC3C2)n1. The molecule has 0 saturated carbocycles. The standard InChI is InChI=1S/C13H18N4O2/c1-9-2-3-12(17(18)19)13(15-9)16-7-5-11-10(8-16)4-6-14-11/h2-3,10-11,14H,4-8H2,1H3.